The first-order valence-electron chi connectivity index (χ1n) is 7.84. The molecule has 0 atom stereocenters. The fourth-order valence-corrected chi connectivity index (χ4v) is 2.67. The van der Waals surface area contributed by atoms with E-state index in [0.29, 0.717) is 11.3 Å². The molecule has 0 aliphatic rings. The number of aryl methyl sites for hydroxylation is 1. The van der Waals surface area contributed by atoms with Gasteiger partial charge >= 0.3 is 5.63 Å². The highest BCUT2D eigenvalue weighted by atomic mass is 16.5. The molecule has 0 unspecified atom stereocenters. The van der Waals surface area contributed by atoms with Crippen LogP contribution in [0.25, 0.3) is 22.1 Å². The van der Waals surface area contributed by atoms with E-state index in [4.69, 9.17) is 19.6 Å². The smallest absolute Gasteiger partial charge is 0.336 e. The van der Waals surface area contributed by atoms with Crippen molar-refractivity contribution in [2.75, 3.05) is 7.11 Å². The van der Waals surface area contributed by atoms with Crippen LogP contribution in [0.4, 0.5) is 0 Å². The minimum absolute atomic E-state index is 0.163. The van der Waals surface area contributed by atoms with Crippen LogP contribution in [0, 0.1) is 6.92 Å². The van der Waals surface area contributed by atoms with Gasteiger partial charge in [-0.15, -0.1) is 0 Å². The van der Waals surface area contributed by atoms with E-state index >= 15 is 0 Å². The summed E-state index contributed by atoms with van der Waals surface area (Å²) in [5.74, 6) is -0.643. The molecule has 1 aromatic heterocycles. The number of rotatable bonds is 5. The predicted molar refractivity (Wildman–Crippen MR) is 97.6 cm³/mol. The highest BCUT2D eigenvalue weighted by Crippen LogP contribution is 2.31. The zero-order chi connectivity index (χ0) is 18.7. The molecule has 132 valence electrons. The quantitative estimate of drug-likeness (QED) is 0.433. The number of hydrogen-bond donors (Lipinski definition) is 1. The number of methoxy groups -OCH3 is 1. The summed E-state index contributed by atoms with van der Waals surface area (Å²) in [6.45, 7) is 1.97. The molecule has 0 bridgehead atoms. The third kappa shape index (κ3) is 3.44. The Bertz CT molecular complexity index is 1070. The molecule has 0 aliphatic heterocycles. The van der Waals surface area contributed by atoms with Crippen molar-refractivity contribution in [3.05, 3.63) is 76.5 Å². The number of hydrogen-bond acceptors (Lipinski definition) is 5. The maximum Gasteiger partial charge on any atom is 0.336 e. The van der Waals surface area contributed by atoms with Gasteiger partial charge in [0, 0.05) is 23.1 Å². The highest BCUT2D eigenvalue weighted by Gasteiger charge is 2.13. The normalized spacial score (nSPS) is 11.4. The standard InChI is InChI=1S/C20H17NO5/c1-12-5-3-4-6-14(12)16-10-19(22)26-17-9-13(7-8-15(16)17)25-18(11-24-2)20(21)23/h3-11H,1-2H3,(H2,21,23)/b18-11+. The third-order valence-corrected chi connectivity index (χ3v) is 3.85. The zero-order valence-corrected chi connectivity index (χ0v) is 14.3. The average Bonchev–Trinajstić information content (AvgIpc) is 2.60. The van der Waals surface area contributed by atoms with Crippen LogP contribution in [0.15, 0.2) is 69.8 Å². The molecule has 1 heterocycles. The molecule has 26 heavy (non-hydrogen) atoms. The fourth-order valence-electron chi connectivity index (χ4n) is 2.67. The van der Waals surface area contributed by atoms with Crippen molar-refractivity contribution in [3.63, 3.8) is 0 Å². The van der Waals surface area contributed by atoms with Crippen molar-refractivity contribution in [2.24, 2.45) is 5.73 Å². The molecule has 0 aliphatic carbocycles. The van der Waals surface area contributed by atoms with Gasteiger partial charge in [-0.1, -0.05) is 24.3 Å². The molecule has 6 nitrogen and oxygen atoms in total. The van der Waals surface area contributed by atoms with E-state index in [2.05, 4.69) is 0 Å². The molecule has 0 saturated heterocycles. The van der Waals surface area contributed by atoms with E-state index in [1.54, 1.807) is 12.1 Å². The first-order chi connectivity index (χ1) is 12.5. The van der Waals surface area contributed by atoms with Crippen molar-refractivity contribution >= 4 is 16.9 Å². The maximum absolute atomic E-state index is 12.0. The number of primary amides is 1. The molecule has 0 fully saturated rings. The van der Waals surface area contributed by atoms with Crippen LogP contribution in [0.5, 0.6) is 5.75 Å². The number of benzene rings is 2. The van der Waals surface area contributed by atoms with E-state index < -0.39 is 11.5 Å². The lowest BCUT2D eigenvalue weighted by atomic mass is 9.98. The summed E-state index contributed by atoms with van der Waals surface area (Å²) in [5, 5.41) is 0.752. The van der Waals surface area contributed by atoms with E-state index in [9.17, 15) is 9.59 Å². The lowest BCUT2D eigenvalue weighted by Crippen LogP contribution is -2.18. The van der Waals surface area contributed by atoms with E-state index in [-0.39, 0.29) is 5.76 Å². The molecule has 2 N–H and O–H groups in total. The molecule has 1 amide bonds. The molecule has 3 aromatic rings. The van der Waals surface area contributed by atoms with E-state index in [0.717, 1.165) is 28.3 Å². The second-order valence-electron chi connectivity index (χ2n) is 5.64. The topological polar surface area (TPSA) is 91.8 Å². The number of carbonyl (C=O) groups excluding carboxylic acids is 1. The van der Waals surface area contributed by atoms with Crippen molar-refractivity contribution in [1.29, 1.82) is 0 Å². The third-order valence-electron chi connectivity index (χ3n) is 3.85. The van der Waals surface area contributed by atoms with E-state index in [1.807, 2.05) is 31.2 Å². The second kappa shape index (κ2) is 7.14. The number of ether oxygens (including phenoxy) is 2. The first-order valence-corrected chi connectivity index (χ1v) is 7.84. The molecule has 0 spiro atoms. The summed E-state index contributed by atoms with van der Waals surface area (Å²) in [4.78, 5) is 23.4. The molecular weight excluding hydrogens is 334 g/mol. The Labute approximate surface area is 149 Å². The monoisotopic (exact) mass is 351 g/mol. The summed E-state index contributed by atoms with van der Waals surface area (Å²) in [5.41, 5.74) is 7.85. The Hall–Kier alpha value is -3.54. The molecule has 2 aromatic carbocycles. The van der Waals surface area contributed by atoms with Gasteiger partial charge in [0.15, 0.2) is 0 Å². The molecule has 6 heteroatoms. The van der Waals surface area contributed by atoms with Crippen molar-refractivity contribution in [1.82, 2.24) is 0 Å². The van der Waals surface area contributed by atoms with Crippen LogP contribution < -0.4 is 16.1 Å². The van der Waals surface area contributed by atoms with Crippen LogP contribution >= 0.6 is 0 Å². The Kier molecular flexibility index (Phi) is 4.75. The SMILES string of the molecule is CO/C=C(/Oc1ccc2c(-c3ccccc3C)cc(=O)oc2c1)C(N)=O. The lowest BCUT2D eigenvalue weighted by Gasteiger charge is -2.10. The minimum Gasteiger partial charge on any atom is -0.500 e. The Morgan fingerprint density at radius 2 is 1.88 bits per heavy atom. The summed E-state index contributed by atoms with van der Waals surface area (Å²) in [6, 6.07) is 14.2. The van der Waals surface area contributed by atoms with Gasteiger partial charge < -0.3 is 19.6 Å². The fraction of sp³-hybridized carbons (Fsp3) is 0.100. The number of carbonyl (C=O) groups is 1. The van der Waals surface area contributed by atoms with Crippen molar-refractivity contribution in [2.45, 2.75) is 6.92 Å². The number of fused-ring (bicyclic) bond motifs is 1. The molecule has 3 rings (SSSR count). The van der Waals surface area contributed by atoms with Crippen LogP contribution in [0.1, 0.15) is 5.56 Å². The van der Waals surface area contributed by atoms with Crippen LogP contribution in [-0.4, -0.2) is 13.0 Å². The van der Waals surface area contributed by atoms with Crippen molar-refractivity contribution in [3.8, 4) is 16.9 Å². The lowest BCUT2D eigenvalue weighted by molar-refractivity contribution is -0.116. The van der Waals surface area contributed by atoms with Gasteiger partial charge in [-0.3, -0.25) is 4.79 Å². The summed E-state index contributed by atoms with van der Waals surface area (Å²) >= 11 is 0. The van der Waals surface area contributed by atoms with Gasteiger partial charge in [-0.2, -0.15) is 0 Å². The Morgan fingerprint density at radius 1 is 1.12 bits per heavy atom. The molecule has 0 saturated carbocycles. The summed E-state index contributed by atoms with van der Waals surface area (Å²) in [7, 11) is 1.38. The Balaban J connectivity index is 2.12. The second-order valence-corrected chi connectivity index (χ2v) is 5.64. The number of nitrogens with two attached hydrogens (primary N) is 1. The number of amides is 1. The highest BCUT2D eigenvalue weighted by molar-refractivity contribution is 5.95. The first kappa shape index (κ1) is 17.3. The predicted octanol–water partition coefficient (Wildman–Crippen LogP) is 3.12. The molecule has 0 radical (unpaired) electrons. The van der Waals surface area contributed by atoms with Gasteiger partial charge in [-0.05, 0) is 30.2 Å². The van der Waals surface area contributed by atoms with E-state index in [1.165, 1.54) is 19.2 Å². The van der Waals surface area contributed by atoms with Gasteiger partial charge in [0.2, 0.25) is 5.76 Å². The van der Waals surface area contributed by atoms with Crippen LogP contribution in [-0.2, 0) is 9.53 Å². The minimum atomic E-state index is -0.776. The van der Waals surface area contributed by atoms with Gasteiger partial charge in [0.1, 0.15) is 17.6 Å². The maximum atomic E-state index is 12.0. The van der Waals surface area contributed by atoms with Crippen molar-refractivity contribution < 1.29 is 18.7 Å². The zero-order valence-electron chi connectivity index (χ0n) is 14.3. The van der Waals surface area contributed by atoms with Gasteiger partial charge in [0.25, 0.3) is 5.91 Å². The average molecular weight is 351 g/mol. The van der Waals surface area contributed by atoms with Gasteiger partial charge in [-0.25, -0.2) is 4.79 Å². The largest absolute Gasteiger partial charge is 0.500 e. The Morgan fingerprint density at radius 3 is 2.58 bits per heavy atom. The van der Waals surface area contributed by atoms with Gasteiger partial charge in [0.05, 0.1) is 7.11 Å². The summed E-state index contributed by atoms with van der Waals surface area (Å²) in [6.07, 6.45) is 1.10. The van der Waals surface area contributed by atoms with Crippen LogP contribution in [0.2, 0.25) is 0 Å². The molecular formula is C20H17NO5. The van der Waals surface area contributed by atoms with Crippen LogP contribution in [0.3, 0.4) is 0 Å². The summed E-state index contributed by atoms with van der Waals surface area (Å²) < 4.78 is 15.5.